The van der Waals surface area contributed by atoms with Crippen LogP contribution in [0.1, 0.15) is 340 Å². The van der Waals surface area contributed by atoms with Crippen molar-refractivity contribution in [2.75, 3.05) is 125 Å². The Labute approximate surface area is 599 Å². The molecule has 0 fully saturated rings. The van der Waals surface area contributed by atoms with Crippen molar-refractivity contribution in [3.63, 3.8) is 0 Å². The first-order valence-electron chi connectivity index (χ1n) is 40.9. The fraction of sp³-hybridized carbons (Fsp3) is 0.900. The Hall–Kier alpha value is -2.44. The van der Waals surface area contributed by atoms with Gasteiger partial charge in [-0.15, -0.1) is 5.10 Å². The Morgan fingerprint density at radius 2 is 0.582 bits per heavy atom. The first-order chi connectivity index (χ1) is 48.4. The van der Waals surface area contributed by atoms with Gasteiger partial charge in [-0.3, -0.25) is 4.57 Å². The zero-order valence-electron chi connectivity index (χ0n) is 63.5. The first-order valence-corrected chi connectivity index (χ1v) is 42.7. The topological polar surface area (TPSA) is 170 Å². The molecule has 0 bridgehead atoms. The molecule has 1 N–H and O–H groups in total. The maximum Gasteiger partial charge on any atom is 0.367 e. The van der Waals surface area contributed by atoms with Gasteiger partial charge in [0.25, 0.3) is 0 Å². The van der Waals surface area contributed by atoms with Gasteiger partial charge >= 0.3 is 7.68 Å². The molecule has 0 aliphatic carbocycles. The van der Waals surface area contributed by atoms with Crippen LogP contribution in [0.5, 0.6) is 17.2 Å². The van der Waals surface area contributed by atoms with Crippen LogP contribution < -0.4 is 14.2 Å². The molecular weight excluding hydrogens is 1260 g/mol. The van der Waals surface area contributed by atoms with E-state index in [0.717, 1.165) is 47.8 Å². The SMILES string of the molecule is CCCCCCCCCCCCCCCCCCOc1cc(Cn2cc(COCCOCCOCCOCCOCCOCCOCCOCCP(=O)(O)F)nn2)cc(OCCCCCCCCCCCCCCCCCC)c1OCCCCCCCCCCCCCCCCCC. The summed E-state index contributed by atoms with van der Waals surface area (Å²) in [6, 6.07) is 4.29. The van der Waals surface area contributed by atoms with E-state index < -0.39 is 13.8 Å². The predicted molar refractivity (Wildman–Crippen MR) is 402 cm³/mol. The monoisotopic (exact) mass is 1410 g/mol. The Kier molecular flexibility index (Phi) is 68.2. The van der Waals surface area contributed by atoms with E-state index in [4.69, 9.17) is 57.0 Å². The van der Waals surface area contributed by atoms with Gasteiger partial charge in [0.05, 0.1) is 144 Å². The largest absolute Gasteiger partial charge is 0.490 e. The molecule has 18 heteroatoms. The van der Waals surface area contributed by atoms with Crippen LogP contribution in [0.2, 0.25) is 0 Å². The van der Waals surface area contributed by atoms with Gasteiger partial charge in [-0.1, -0.05) is 315 Å². The van der Waals surface area contributed by atoms with Crippen LogP contribution in [-0.4, -0.2) is 145 Å². The van der Waals surface area contributed by atoms with Gasteiger partial charge in [-0.2, -0.15) is 4.20 Å². The fourth-order valence-corrected chi connectivity index (χ4v) is 12.5. The number of nitrogens with zero attached hydrogens (tertiary/aromatic N) is 3. The molecule has 0 radical (unpaired) electrons. The molecule has 2 aromatic rings. The molecule has 0 spiro atoms. The second kappa shape index (κ2) is 72.9. The van der Waals surface area contributed by atoms with Gasteiger partial charge in [0.15, 0.2) is 11.5 Å². The van der Waals surface area contributed by atoms with Crippen LogP contribution in [0.25, 0.3) is 0 Å². The van der Waals surface area contributed by atoms with Crippen molar-refractivity contribution < 1.29 is 65.8 Å². The first kappa shape index (κ1) is 91.6. The summed E-state index contributed by atoms with van der Waals surface area (Å²) in [7, 11) is -4.52. The molecule has 0 saturated heterocycles. The summed E-state index contributed by atoms with van der Waals surface area (Å²) in [6.07, 6.45) is 65.8. The number of unbranched alkanes of at least 4 members (excludes halogenated alkanes) is 45. The lowest BCUT2D eigenvalue weighted by molar-refractivity contribution is -0.0234. The third-order valence-electron chi connectivity index (χ3n) is 18.1. The van der Waals surface area contributed by atoms with Crippen molar-refractivity contribution in [1.82, 2.24) is 15.0 Å². The summed E-state index contributed by atoms with van der Waals surface area (Å²) in [4.78, 5) is 8.60. The molecule has 1 aromatic carbocycles. The van der Waals surface area contributed by atoms with Crippen molar-refractivity contribution in [1.29, 1.82) is 0 Å². The molecule has 1 unspecified atom stereocenters. The Morgan fingerprint density at radius 3 is 0.857 bits per heavy atom. The van der Waals surface area contributed by atoms with Crippen molar-refractivity contribution in [2.45, 2.75) is 342 Å². The minimum absolute atomic E-state index is 0.122. The van der Waals surface area contributed by atoms with Crippen LogP contribution in [0, 0.1) is 0 Å². The lowest BCUT2D eigenvalue weighted by atomic mass is 10.0. The summed E-state index contributed by atoms with van der Waals surface area (Å²) in [5.74, 6) is 2.29. The van der Waals surface area contributed by atoms with E-state index in [9.17, 15) is 8.76 Å². The van der Waals surface area contributed by atoms with E-state index in [1.54, 1.807) is 0 Å². The Morgan fingerprint density at radius 1 is 0.337 bits per heavy atom. The number of rotatable bonds is 82. The van der Waals surface area contributed by atoms with E-state index in [1.807, 2.05) is 10.9 Å². The highest BCUT2D eigenvalue weighted by Crippen LogP contribution is 2.41. The zero-order chi connectivity index (χ0) is 70.1. The van der Waals surface area contributed by atoms with Crippen LogP contribution in [-0.2, 0) is 55.6 Å². The second-order valence-electron chi connectivity index (χ2n) is 27.5. The van der Waals surface area contributed by atoms with E-state index >= 15 is 0 Å². The molecule has 2 rings (SSSR count). The minimum atomic E-state index is -4.52. The van der Waals surface area contributed by atoms with Crippen molar-refractivity contribution >= 4 is 7.68 Å². The summed E-state index contributed by atoms with van der Waals surface area (Å²) in [6.45, 7) is 15.3. The number of halogens is 1. The Balaban J connectivity index is 1.87. The van der Waals surface area contributed by atoms with Gasteiger partial charge in [-0.25, -0.2) is 4.68 Å². The van der Waals surface area contributed by atoms with Crippen LogP contribution in [0.3, 0.4) is 0 Å². The third kappa shape index (κ3) is 63.3. The highest BCUT2D eigenvalue weighted by Gasteiger charge is 2.18. The van der Waals surface area contributed by atoms with E-state index in [-0.39, 0.29) is 13.2 Å². The summed E-state index contributed by atoms with van der Waals surface area (Å²) < 4.78 is 89.6. The van der Waals surface area contributed by atoms with Crippen molar-refractivity contribution in [3.05, 3.63) is 29.6 Å². The van der Waals surface area contributed by atoms with Gasteiger partial charge in [-0.05, 0) is 37.0 Å². The molecule has 0 aliphatic rings. The van der Waals surface area contributed by atoms with Gasteiger partial charge in [0.1, 0.15) is 5.69 Å². The highest BCUT2D eigenvalue weighted by molar-refractivity contribution is 7.52. The molecule has 16 nitrogen and oxygen atoms in total. The van der Waals surface area contributed by atoms with E-state index in [2.05, 4.69) is 43.2 Å². The molecule has 1 heterocycles. The zero-order valence-corrected chi connectivity index (χ0v) is 64.4. The fourth-order valence-electron chi connectivity index (χ4n) is 12.1. The average molecular weight is 1410 g/mol. The lowest BCUT2D eigenvalue weighted by Crippen LogP contribution is -2.15. The maximum atomic E-state index is 12.6. The maximum absolute atomic E-state index is 12.6. The highest BCUT2D eigenvalue weighted by atomic mass is 31.2. The standard InChI is InChI=1S/C80H151FN3O13P/c1-4-7-10-13-16-19-22-25-28-31-34-37-40-43-46-49-52-95-78-71-76(73-84-74-77(82-83-84)75-94-68-67-92-64-63-90-60-59-88-56-55-87-57-58-89-61-62-91-65-66-93-69-70-98(81,85)86)72-79(96-53-50-47-44-41-38-35-32-29-26-23-20-17-14-11-8-5-2)80(78)97-54-51-48-45-42-39-36-33-30-27-24-21-18-15-12-9-6-3/h71-72,74H,4-70,73,75H2,1-3H3,(H,85,86). The van der Waals surface area contributed by atoms with Gasteiger partial charge < -0.3 is 57.0 Å². The average Bonchev–Trinajstić information content (AvgIpc) is 1.09. The molecule has 1 atom stereocenters. The quantitative estimate of drug-likeness (QED) is 0.0490. The predicted octanol–water partition coefficient (Wildman–Crippen LogP) is 22.0. The summed E-state index contributed by atoms with van der Waals surface area (Å²) in [5.41, 5.74) is 1.79. The number of hydrogen-bond acceptors (Lipinski definition) is 14. The minimum Gasteiger partial charge on any atom is -0.490 e. The van der Waals surface area contributed by atoms with Crippen molar-refractivity contribution in [2.24, 2.45) is 0 Å². The van der Waals surface area contributed by atoms with Crippen LogP contribution >= 0.6 is 7.68 Å². The third-order valence-corrected chi connectivity index (χ3v) is 18.9. The number of ether oxygens (including phenoxy) is 11. The van der Waals surface area contributed by atoms with E-state index in [1.165, 1.54) is 289 Å². The molecular formula is C80H151FN3O13P. The molecule has 0 amide bonds. The van der Waals surface area contributed by atoms with Crippen molar-refractivity contribution in [3.8, 4) is 17.2 Å². The molecule has 1 aromatic heterocycles. The van der Waals surface area contributed by atoms with E-state index in [0.29, 0.717) is 119 Å². The lowest BCUT2D eigenvalue weighted by Gasteiger charge is -2.19. The summed E-state index contributed by atoms with van der Waals surface area (Å²) in [5, 5.41) is 8.98. The second-order valence-corrected chi connectivity index (χ2v) is 29.1. The summed E-state index contributed by atoms with van der Waals surface area (Å²) >= 11 is 0. The number of hydrogen-bond donors (Lipinski definition) is 1. The molecule has 0 saturated carbocycles. The number of benzene rings is 1. The molecule has 0 aliphatic heterocycles. The molecule has 576 valence electrons. The van der Waals surface area contributed by atoms with Gasteiger partial charge in [0.2, 0.25) is 5.75 Å². The van der Waals surface area contributed by atoms with Crippen LogP contribution in [0.15, 0.2) is 18.3 Å². The van der Waals surface area contributed by atoms with Crippen LogP contribution in [0.4, 0.5) is 4.20 Å². The van der Waals surface area contributed by atoms with Gasteiger partial charge in [0, 0.05) is 0 Å². The molecule has 98 heavy (non-hydrogen) atoms. The number of aromatic nitrogens is 3. The normalized spacial score (nSPS) is 12.3. The Bertz CT molecular complexity index is 1930. The smallest absolute Gasteiger partial charge is 0.367 e.